The van der Waals surface area contributed by atoms with Crippen LogP contribution in [-0.2, 0) is 5.54 Å². The molecule has 1 N–H and O–H groups in total. The Morgan fingerprint density at radius 2 is 1.54 bits per heavy atom. The molecule has 1 aliphatic carbocycles. The van der Waals surface area contributed by atoms with Crippen LogP contribution in [0.1, 0.15) is 31.2 Å². The zero-order valence-corrected chi connectivity index (χ0v) is 19.6. The summed E-state index contributed by atoms with van der Waals surface area (Å²) in [5, 5.41) is 3.19. The highest BCUT2D eigenvalue weighted by molar-refractivity contribution is 5.95. The summed E-state index contributed by atoms with van der Waals surface area (Å²) in [7, 11) is 4.20. The number of nitrogens with one attached hydrogen (secondary N) is 1. The van der Waals surface area contributed by atoms with Crippen molar-refractivity contribution < 1.29 is 18.0 Å². The number of anilines is 1. The van der Waals surface area contributed by atoms with Gasteiger partial charge in [0.25, 0.3) is 0 Å². The smallest absolute Gasteiger partial charge is 0.322 e. The van der Waals surface area contributed by atoms with Crippen LogP contribution in [-0.4, -0.2) is 47.1 Å². The first-order valence-electron chi connectivity index (χ1n) is 11.5. The molecule has 5 rings (SSSR count). The predicted molar refractivity (Wildman–Crippen MR) is 126 cm³/mol. The fraction of sp³-hybridized carbons (Fsp3) is 0.346. The molecule has 1 aliphatic heterocycles. The lowest BCUT2D eigenvalue weighted by Gasteiger charge is -2.48. The zero-order valence-electron chi connectivity index (χ0n) is 19.6. The number of rotatable bonds is 4. The standard InChI is InChI=1S/C26H26F3N5O/c1-33(2)26(18-6-4-3-5-7-18)10-8-25(9-11-26)16-34(24(35)32-25)19-14-30-23(31-15-19)17-12-20(27)22(29)21(28)13-17/h3-7,12-15H,8-11,16H2,1-2H3,(H,32,35)/t25-,26-. The lowest BCUT2D eigenvalue weighted by atomic mass is 9.69. The van der Waals surface area contributed by atoms with Crippen molar-refractivity contribution >= 4 is 11.7 Å². The summed E-state index contributed by atoms with van der Waals surface area (Å²) in [6.07, 6.45) is 6.31. The second kappa shape index (κ2) is 8.64. The molecule has 2 heterocycles. The highest BCUT2D eigenvalue weighted by Crippen LogP contribution is 2.46. The minimum atomic E-state index is -1.54. The second-order valence-corrected chi connectivity index (χ2v) is 9.61. The largest absolute Gasteiger partial charge is 0.330 e. The molecule has 2 aliphatic rings. The van der Waals surface area contributed by atoms with Crippen LogP contribution in [0.15, 0.2) is 54.9 Å². The maximum Gasteiger partial charge on any atom is 0.322 e. The molecule has 6 nitrogen and oxygen atoms in total. The van der Waals surface area contributed by atoms with Crippen molar-refractivity contribution in [3.05, 3.63) is 77.9 Å². The Kier molecular flexibility index (Phi) is 5.75. The Labute approximate surface area is 201 Å². The third-order valence-electron chi connectivity index (χ3n) is 7.47. The van der Waals surface area contributed by atoms with Gasteiger partial charge in [-0.15, -0.1) is 0 Å². The van der Waals surface area contributed by atoms with Gasteiger partial charge in [-0.25, -0.2) is 27.9 Å². The van der Waals surface area contributed by atoms with Crippen molar-refractivity contribution in [2.45, 2.75) is 36.8 Å². The van der Waals surface area contributed by atoms with Gasteiger partial charge in [-0.1, -0.05) is 30.3 Å². The van der Waals surface area contributed by atoms with Gasteiger partial charge < -0.3 is 5.32 Å². The molecule has 9 heteroatoms. The van der Waals surface area contributed by atoms with Gasteiger partial charge in [-0.2, -0.15) is 0 Å². The van der Waals surface area contributed by atoms with Crippen molar-refractivity contribution in [1.82, 2.24) is 20.2 Å². The normalized spacial score (nSPS) is 24.3. The Morgan fingerprint density at radius 3 is 2.11 bits per heavy atom. The molecule has 1 spiro atoms. The molecule has 3 aromatic rings. The van der Waals surface area contributed by atoms with Crippen molar-refractivity contribution in [1.29, 1.82) is 0 Å². The molecule has 0 atom stereocenters. The quantitative estimate of drug-likeness (QED) is 0.541. The molecular formula is C26H26F3N5O. The van der Waals surface area contributed by atoms with E-state index in [1.165, 1.54) is 18.0 Å². The number of halogens is 3. The van der Waals surface area contributed by atoms with Crippen LogP contribution in [0, 0.1) is 17.5 Å². The van der Waals surface area contributed by atoms with Crippen LogP contribution in [0.2, 0.25) is 0 Å². The van der Waals surface area contributed by atoms with E-state index in [0.717, 1.165) is 37.8 Å². The van der Waals surface area contributed by atoms with E-state index in [1.54, 1.807) is 4.90 Å². The first kappa shape index (κ1) is 23.3. The van der Waals surface area contributed by atoms with Gasteiger partial charge in [0.2, 0.25) is 0 Å². The summed E-state index contributed by atoms with van der Waals surface area (Å²) in [5.74, 6) is -4.12. The highest BCUT2D eigenvalue weighted by Gasteiger charge is 2.50. The molecule has 1 saturated carbocycles. The molecule has 2 amide bonds. The van der Waals surface area contributed by atoms with Crippen molar-refractivity contribution in [3.8, 4) is 11.4 Å². The molecule has 2 fully saturated rings. The number of carbonyl (C=O) groups excluding carboxylic acids is 1. The summed E-state index contributed by atoms with van der Waals surface area (Å²) < 4.78 is 40.4. The van der Waals surface area contributed by atoms with E-state index in [9.17, 15) is 18.0 Å². The number of aromatic nitrogens is 2. The number of benzene rings is 2. The number of amides is 2. The molecule has 0 radical (unpaired) electrons. The summed E-state index contributed by atoms with van der Waals surface area (Å²) in [4.78, 5) is 25.1. The molecular weight excluding hydrogens is 455 g/mol. The van der Waals surface area contributed by atoms with E-state index in [4.69, 9.17) is 0 Å². The topological polar surface area (TPSA) is 61.4 Å². The van der Waals surface area contributed by atoms with Gasteiger partial charge in [0, 0.05) is 11.1 Å². The Morgan fingerprint density at radius 1 is 0.943 bits per heavy atom. The highest BCUT2D eigenvalue weighted by atomic mass is 19.2. The first-order valence-corrected chi connectivity index (χ1v) is 11.5. The van der Waals surface area contributed by atoms with Crippen LogP contribution in [0.5, 0.6) is 0 Å². The second-order valence-electron chi connectivity index (χ2n) is 9.61. The van der Waals surface area contributed by atoms with E-state index >= 15 is 0 Å². The Bertz CT molecular complexity index is 1220. The third-order valence-corrected chi connectivity index (χ3v) is 7.47. The number of hydrogen-bond acceptors (Lipinski definition) is 4. The Hall–Kier alpha value is -3.46. The van der Waals surface area contributed by atoms with Crippen LogP contribution in [0.3, 0.4) is 0 Å². The van der Waals surface area contributed by atoms with Crippen LogP contribution < -0.4 is 10.2 Å². The molecule has 1 saturated heterocycles. The van der Waals surface area contributed by atoms with Crippen LogP contribution in [0.25, 0.3) is 11.4 Å². The van der Waals surface area contributed by atoms with Crippen molar-refractivity contribution in [3.63, 3.8) is 0 Å². The van der Waals surface area contributed by atoms with E-state index in [1.807, 2.05) is 6.07 Å². The van der Waals surface area contributed by atoms with Gasteiger partial charge >= 0.3 is 6.03 Å². The molecule has 0 unspecified atom stereocenters. The fourth-order valence-electron chi connectivity index (χ4n) is 5.38. The molecule has 0 bridgehead atoms. The monoisotopic (exact) mass is 481 g/mol. The molecule has 182 valence electrons. The molecule has 1 aromatic heterocycles. The molecule has 35 heavy (non-hydrogen) atoms. The summed E-state index contributed by atoms with van der Waals surface area (Å²) in [6.45, 7) is 0.479. The average molecular weight is 482 g/mol. The summed E-state index contributed by atoms with van der Waals surface area (Å²) in [6, 6.07) is 11.9. The minimum absolute atomic E-state index is 0.0171. The minimum Gasteiger partial charge on any atom is -0.330 e. The Balaban J connectivity index is 1.33. The lowest BCUT2D eigenvalue weighted by Crippen LogP contribution is -2.54. The predicted octanol–water partition coefficient (Wildman–Crippen LogP) is 4.86. The summed E-state index contributed by atoms with van der Waals surface area (Å²) >= 11 is 0. The number of nitrogens with zero attached hydrogens (tertiary/aromatic N) is 4. The van der Waals surface area contributed by atoms with Gasteiger partial charge in [-0.05, 0) is 57.5 Å². The van der Waals surface area contributed by atoms with E-state index in [-0.39, 0.29) is 28.5 Å². The first-order chi connectivity index (χ1) is 16.7. The lowest BCUT2D eigenvalue weighted by molar-refractivity contribution is 0.0658. The van der Waals surface area contributed by atoms with Crippen molar-refractivity contribution in [2.24, 2.45) is 0 Å². The van der Waals surface area contributed by atoms with Crippen LogP contribution in [0.4, 0.5) is 23.7 Å². The number of carbonyl (C=O) groups is 1. The number of hydrogen-bond donors (Lipinski definition) is 1. The number of urea groups is 1. The fourth-order valence-corrected chi connectivity index (χ4v) is 5.38. The van der Waals surface area contributed by atoms with E-state index in [2.05, 4.69) is 58.5 Å². The van der Waals surface area contributed by atoms with E-state index in [0.29, 0.717) is 12.2 Å². The maximum absolute atomic E-state index is 13.6. The molecule has 2 aromatic carbocycles. The third kappa shape index (κ3) is 4.03. The van der Waals surface area contributed by atoms with Crippen LogP contribution >= 0.6 is 0 Å². The maximum atomic E-state index is 13.6. The zero-order chi connectivity index (χ0) is 24.8. The van der Waals surface area contributed by atoms with Gasteiger partial charge in [0.05, 0.1) is 30.2 Å². The van der Waals surface area contributed by atoms with Gasteiger partial charge in [-0.3, -0.25) is 9.80 Å². The summed E-state index contributed by atoms with van der Waals surface area (Å²) in [5.41, 5.74) is 1.34. The van der Waals surface area contributed by atoms with E-state index < -0.39 is 17.5 Å². The average Bonchev–Trinajstić information content (AvgIpc) is 3.19. The van der Waals surface area contributed by atoms with Gasteiger partial charge in [0.1, 0.15) is 0 Å². The SMILES string of the molecule is CN(C)[C@]1(c2ccccc2)CC[C@@]2(CC1)CN(c1cnc(-c3cc(F)c(F)c(F)c3)nc1)C(=O)N2. The van der Waals surface area contributed by atoms with Gasteiger partial charge in [0.15, 0.2) is 23.3 Å². The van der Waals surface area contributed by atoms with Crippen molar-refractivity contribution in [2.75, 3.05) is 25.5 Å².